The Bertz CT molecular complexity index is 311. The minimum atomic E-state index is -0.405. The molecule has 0 amide bonds. The molecule has 1 aromatic carbocycles. The zero-order valence-electron chi connectivity index (χ0n) is 9.74. The highest BCUT2D eigenvalue weighted by molar-refractivity contribution is 5.28. The third-order valence-corrected chi connectivity index (χ3v) is 2.41. The number of nitrogens with zero attached hydrogens (tertiary/aromatic N) is 1. The number of methoxy groups -OCH3 is 1. The molecule has 0 aliphatic rings. The quantitative estimate of drug-likeness (QED) is 0.806. The molecular formula is C12H18FNO2. The van der Waals surface area contributed by atoms with E-state index in [2.05, 4.69) is 4.90 Å². The zero-order chi connectivity index (χ0) is 12.0. The lowest BCUT2D eigenvalue weighted by atomic mass is 10.2. The molecule has 0 atom stereocenters. The van der Waals surface area contributed by atoms with Gasteiger partial charge in [-0.2, -0.15) is 0 Å². The van der Waals surface area contributed by atoms with Crippen molar-refractivity contribution in [3.8, 4) is 5.75 Å². The molecular weight excluding hydrogens is 209 g/mol. The molecule has 0 spiro atoms. The van der Waals surface area contributed by atoms with E-state index in [1.165, 1.54) is 6.07 Å². The highest BCUT2D eigenvalue weighted by Gasteiger charge is 2.05. The fourth-order valence-corrected chi connectivity index (χ4v) is 1.55. The summed E-state index contributed by atoms with van der Waals surface area (Å²) in [5, 5.41) is 9.27. The summed E-state index contributed by atoms with van der Waals surface area (Å²) in [6.07, 6.45) is 0. The van der Waals surface area contributed by atoms with E-state index in [-0.39, 0.29) is 5.75 Å². The first kappa shape index (κ1) is 12.9. The van der Waals surface area contributed by atoms with Crippen molar-refractivity contribution in [2.24, 2.45) is 0 Å². The lowest BCUT2D eigenvalue weighted by Crippen LogP contribution is -2.26. The fraction of sp³-hybridized carbons (Fsp3) is 0.500. The number of phenols is 1. The summed E-state index contributed by atoms with van der Waals surface area (Å²) in [5.41, 5.74) is 0.774. The Morgan fingerprint density at radius 1 is 1.38 bits per heavy atom. The van der Waals surface area contributed by atoms with Crippen LogP contribution in [0.4, 0.5) is 4.39 Å². The van der Waals surface area contributed by atoms with Crippen molar-refractivity contribution in [3.05, 3.63) is 29.6 Å². The third-order valence-electron chi connectivity index (χ3n) is 2.41. The molecule has 1 aromatic rings. The standard InChI is InChI=1S/C12H18FNO2/c1-3-14(4-5-16-2)9-10-6-11(13)8-12(15)7-10/h6-8,15H,3-5,9H2,1-2H3. The van der Waals surface area contributed by atoms with Crippen LogP contribution >= 0.6 is 0 Å². The van der Waals surface area contributed by atoms with E-state index in [4.69, 9.17) is 4.74 Å². The van der Waals surface area contributed by atoms with E-state index >= 15 is 0 Å². The van der Waals surface area contributed by atoms with Gasteiger partial charge in [0, 0.05) is 26.3 Å². The van der Waals surface area contributed by atoms with Crippen molar-refractivity contribution >= 4 is 0 Å². The van der Waals surface area contributed by atoms with Crippen LogP contribution in [0.15, 0.2) is 18.2 Å². The number of halogens is 1. The molecule has 0 radical (unpaired) electrons. The molecule has 1 rings (SSSR count). The van der Waals surface area contributed by atoms with Gasteiger partial charge in [0.15, 0.2) is 0 Å². The highest BCUT2D eigenvalue weighted by Crippen LogP contribution is 2.16. The summed E-state index contributed by atoms with van der Waals surface area (Å²) in [6.45, 7) is 4.96. The maximum absolute atomic E-state index is 13.0. The normalized spacial score (nSPS) is 11.0. The molecule has 1 N–H and O–H groups in total. The van der Waals surface area contributed by atoms with E-state index < -0.39 is 5.82 Å². The number of benzene rings is 1. The topological polar surface area (TPSA) is 32.7 Å². The molecule has 0 heterocycles. The summed E-state index contributed by atoms with van der Waals surface area (Å²) in [6, 6.07) is 4.13. The van der Waals surface area contributed by atoms with Gasteiger partial charge in [-0.15, -0.1) is 0 Å². The fourth-order valence-electron chi connectivity index (χ4n) is 1.55. The Hall–Kier alpha value is -1.13. The van der Waals surface area contributed by atoms with Crippen molar-refractivity contribution in [1.29, 1.82) is 0 Å². The van der Waals surface area contributed by atoms with Gasteiger partial charge in [-0.05, 0) is 24.2 Å². The Morgan fingerprint density at radius 3 is 2.69 bits per heavy atom. The summed E-state index contributed by atoms with van der Waals surface area (Å²) in [4.78, 5) is 2.12. The second-order valence-corrected chi connectivity index (χ2v) is 3.68. The maximum atomic E-state index is 13.0. The van der Waals surface area contributed by atoms with Gasteiger partial charge in [0.2, 0.25) is 0 Å². The summed E-state index contributed by atoms with van der Waals surface area (Å²) >= 11 is 0. The molecule has 0 unspecified atom stereocenters. The van der Waals surface area contributed by atoms with Gasteiger partial charge >= 0.3 is 0 Å². The van der Waals surface area contributed by atoms with Crippen LogP contribution in [0.25, 0.3) is 0 Å². The van der Waals surface area contributed by atoms with Crippen LogP contribution in [0.5, 0.6) is 5.75 Å². The SMILES string of the molecule is CCN(CCOC)Cc1cc(O)cc(F)c1. The third kappa shape index (κ3) is 4.16. The first-order valence-electron chi connectivity index (χ1n) is 5.35. The van der Waals surface area contributed by atoms with Crippen molar-refractivity contribution in [1.82, 2.24) is 4.90 Å². The second-order valence-electron chi connectivity index (χ2n) is 3.68. The monoisotopic (exact) mass is 227 g/mol. The molecule has 0 saturated heterocycles. The molecule has 90 valence electrons. The van der Waals surface area contributed by atoms with Crippen LogP contribution in [0, 0.1) is 5.82 Å². The Morgan fingerprint density at radius 2 is 2.12 bits per heavy atom. The largest absolute Gasteiger partial charge is 0.508 e. The summed E-state index contributed by atoms with van der Waals surface area (Å²) < 4.78 is 18.0. The lowest BCUT2D eigenvalue weighted by molar-refractivity contribution is 0.147. The van der Waals surface area contributed by atoms with Crippen LogP contribution in [0.3, 0.4) is 0 Å². The first-order valence-corrected chi connectivity index (χ1v) is 5.35. The molecule has 0 aliphatic heterocycles. The van der Waals surface area contributed by atoms with Gasteiger partial charge in [0.1, 0.15) is 11.6 Å². The van der Waals surface area contributed by atoms with Crippen molar-refractivity contribution < 1.29 is 14.2 Å². The van der Waals surface area contributed by atoms with E-state index in [0.29, 0.717) is 13.2 Å². The van der Waals surface area contributed by atoms with Gasteiger partial charge in [-0.3, -0.25) is 4.90 Å². The minimum absolute atomic E-state index is 0.0298. The van der Waals surface area contributed by atoms with Gasteiger partial charge in [0.25, 0.3) is 0 Å². The highest BCUT2D eigenvalue weighted by atomic mass is 19.1. The number of hydrogen-bond acceptors (Lipinski definition) is 3. The number of likely N-dealkylation sites (N-methyl/N-ethyl adjacent to an activating group) is 1. The number of ether oxygens (including phenoxy) is 1. The van der Waals surface area contributed by atoms with Gasteiger partial charge < -0.3 is 9.84 Å². The van der Waals surface area contributed by atoms with Gasteiger partial charge in [0.05, 0.1) is 6.61 Å². The predicted molar refractivity (Wildman–Crippen MR) is 60.9 cm³/mol. The summed E-state index contributed by atoms with van der Waals surface area (Å²) in [5.74, 6) is -0.435. The van der Waals surface area contributed by atoms with Crippen LogP contribution in [-0.4, -0.2) is 36.8 Å². The Labute approximate surface area is 95.5 Å². The van der Waals surface area contributed by atoms with Crippen molar-refractivity contribution in [3.63, 3.8) is 0 Å². The zero-order valence-corrected chi connectivity index (χ0v) is 9.74. The van der Waals surface area contributed by atoms with Crippen LogP contribution in [-0.2, 0) is 11.3 Å². The molecule has 4 heteroatoms. The smallest absolute Gasteiger partial charge is 0.127 e. The molecule has 0 aliphatic carbocycles. The van der Waals surface area contributed by atoms with Crippen molar-refractivity contribution in [2.45, 2.75) is 13.5 Å². The average molecular weight is 227 g/mol. The Balaban J connectivity index is 2.62. The minimum Gasteiger partial charge on any atom is -0.508 e. The molecule has 0 aromatic heterocycles. The van der Waals surface area contributed by atoms with Gasteiger partial charge in [-0.25, -0.2) is 4.39 Å². The first-order chi connectivity index (χ1) is 7.65. The van der Waals surface area contributed by atoms with E-state index in [1.54, 1.807) is 13.2 Å². The molecule has 0 fully saturated rings. The number of rotatable bonds is 6. The number of phenolic OH excluding ortho intramolecular Hbond substituents is 1. The van der Waals surface area contributed by atoms with Crippen LogP contribution in [0.1, 0.15) is 12.5 Å². The maximum Gasteiger partial charge on any atom is 0.127 e. The van der Waals surface area contributed by atoms with Crippen LogP contribution < -0.4 is 0 Å². The summed E-state index contributed by atoms with van der Waals surface area (Å²) in [7, 11) is 1.65. The molecule has 3 nitrogen and oxygen atoms in total. The molecule has 0 saturated carbocycles. The predicted octanol–water partition coefficient (Wildman–Crippen LogP) is 2.00. The average Bonchev–Trinajstić information content (AvgIpc) is 2.22. The van der Waals surface area contributed by atoms with E-state index in [9.17, 15) is 9.50 Å². The Kier molecular flexibility index (Phi) is 5.22. The second kappa shape index (κ2) is 6.45. The van der Waals surface area contributed by atoms with Gasteiger partial charge in [-0.1, -0.05) is 6.92 Å². The van der Waals surface area contributed by atoms with Crippen LogP contribution in [0.2, 0.25) is 0 Å². The van der Waals surface area contributed by atoms with E-state index in [0.717, 1.165) is 24.7 Å². The lowest BCUT2D eigenvalue weighted by Gasteiger charge is -2.19. The molecule has 16 heavy (non-hydrogen) atoms. The number of aromatic hydroxyl groups is 1. The number of hydrogen-bond donors (Lipinski definition) is 1. The van der Waals surface area contributed by atoms with E-state index in [1.807, 2.05) is 6.92 Å². The van der Waals surface area contributed by atoms with Crippen molar-refractivity contribution in [2.75, 3.05) is 26.8 Å². The molecule has 0 bridgehead atoms.